The van der Waals surface area contributed by atoms with Crippen molar-refractivity contribution < 1.29 is 14.3 Å². The summed E-state index contributed by atoms with van der Waals surface area (Å²) in [6.45, 7) is 4.05. The first-order chi connectivity index (χ1) is 10.6. The van der Waals surface area contributed by atoms with Crippen LogP contribution in [0.15, 0.2) is 41.0 Å². The number of benzene rings is 1. The molecule has 0 radical (unpaired) electrons. The van der Waals surface area contributed by atoms with E-state index >= 15 is 0 Å². The van der Waals surface area contributed by atoms with Gasteiger partial charge in [0.05, 0.1) is 24.8 Å². The van der Waals surface area contributed by atoms with E-state index in [9.17, 15) is 9.90 Å². The van der Waals surface area contributed by atoms with Gasteiger partial charge in [-0.05, 0) is 24.5 Å². The summed E-state index contributed by atoms with van der Waals surface area (Å²) in [4.78, 5) is 16.3. The van der Waals surface area contributed by atoms with Crippen LogP contribution in [-0.2, 0) is 11.2 Å². The molecule has 0 spiro atoms. The zero-order valence-electron chi connectivity index (χ0n) is 13.0. The Labute approximate surface area is 130 Å². The van der Waals surface area contributed by atoms with Gasteiger partial charge in [0, 0.05) is 5.56 Å². The van der Waals surface area contributed by atoms with Crippen LogP contribution in [0, 0.1) is 5.92 Å². The number of rotatable bonds is 7. The quantitative estimate of drug-likeness (QED) is 0.823. The number of carbonyl (C=O) groups is 1. The first kappa shape index (κ1) is 16.2. The zero-order chi connectivity index (χ0) is 15.9. The summed E-state index contributed by atoms with van der Waals surface area (Å²) in [6.07, 6.45) is 2.39. The molecule has 1 unspecified atom stereocenters. The molecule has 1 heterocycles. The number of aromatic nitrogens is 1. The van der Waals surface area contributed by atoms with Crippen LogP contribution in [0.2, 0.25) is 0 Å². The van der Waals surface area contributed by atoms with Crippen molar-refractivity contribution in [1.29, 1.82) is 0 Å². The highest BCUT2D eigenvalue weighted by Crippen LogP contribution is 2.18. The Balaban J connectivity index is 1.94. The maximum absolute atomic E-state index is 12.0. The van der Waals surface area contributed by atoms with Crippen LogP contribution in [0.5, 0.6) is 0 Å². The summed E-state index contributed by atoms with van der Waals surface area (Å²) in [5, 5.41) is 12.1. The highest BCUT2D eigenvalue weighted by atomic mass is 16.3. The second kappa shape index (κ2) is 7.75. The Morgan fingerprint density at radius 1 is 1.32 bits per heavy atom. The lowest BCUT2D eigenvalue weighted by atomic mass is 10.0. The van der Waals surface area contributed by atoms with Crippen LogP contribution in [-0.4, -0.2) is 28.6 Å². The summed E-state index contributed by atoms with van der Waals surface area (Å²) in [7, 11) is 0. The van der Waals surface area contributed by atoms with Gasteiger partial charge in [0.25, 0.3) is 0 Å². The summed E-state index contributed by atoms with van der Waals surface area (Å²) in [5.41, 5.74) is 1.46. The molecule has 5 nitrogen and oxygen atoms in total. The highest BCUT2D eigenvalue weighted by Gasteiger charge is 2.15. The van der Waals surface area contributed by atoms with E-state index in [0.717, 1.165) is 12.0 Å². The van der Waals surface area contributed by atoms with Gasteiger partial charge in [0.1, 0.15) is 6.26 Å². The Hall–Kier alpha value is -2.14. The SMILES string of the molecule is CC(C)CC(CO)NC(=O)Cc1coc(-c2ccccc2)n1. The number of oxazole rings is 1. The van der Waals surface area contributed by atoms with Crippen LogP contribution in [0.4, 0.5) is 0 Å². The lowest BCUT2D eigenvalue weighted by Gasteiger charge is -2.17. The van der Waals surface area contributed by atoms with Gasteiger partial charge in [0.15, 0.2) is 0 Å². The second-order valence-corrected chi connectivity index (χ2v) is 5.76. The maximum atomic E-state index is 12.0. The minimum absolute atomic E-state index is 0.0575. The molecule has 1 amide bonds. The molecule has 22 heavy (non-hydrogen) atoms. The van der Waals surface area contributed by atoms with Crippen LogP contribution in [0.3, 0.4) is 0 Å². The summed E-state index contributed by atoms with van der Waals surface area (Å²) in [5.74, 6) is 0.756. The number of aliphatic hydroxyl groups is 1. The van der Waals surface area contributed by atoms with Crippen LogP contribution in [0.25, 0.3) is 11.5 Å². The number of carbonyl (C=O) groups excluding carboxylic acids is 1. The predicted molar refractivity (Wildman–Crippen MR) is 84.1 cm³/mol. The van der Waals surface area contributed by atoms with Crippen molar-refractivity contribution >= 4 is 5.91 Å². The van der Waals surface area contributed by atoms with Crippen molar-refractivity contribution in [2.24, 2.45) is 5.92 Å². The Morgan fingerprint density at radius 2 is 2.05 bits per heavy atom. The van der Waals surface area contributed by atoms with Crippen molar-refractivity contribution in [3.8, 4) is 11.5 Å². The predicted octanol–water partition coefficient (Wildman–Crippen LogP) is 2.41. The molecule has 0 aliphatic heterocycles. The van der Waals surface area contributed by atoms with Crippen molar-refractivity contribution in [3.05, 3.63) is 42.3 Å². The van der Waals surface area contributed by atoms with Gasteiger partial charge in [-0.3, -0.25) is 4.79 Å². The van der Waals surface area contributed by atoms with Crippen LogP contribution >= 0.6 is 0 Å². The van der Waals surface area contributed by atoms with Gasteiger partial charge < -0.3 is 14.8 Å². The normalized spacial score (nSPS) is 12.4. The van der Waals surface area contributed by atoms with Crippen molar-refractivity contribution in [3.63, 3.8) is 0 Å². The smallest absolute Gasteiger partial charge is 0.226 e. The molecule has 1 aromatic carbocycles. The monoisotopic (exact) mass is 302 g/mol. The lowest BCUT2D eigenvalue weighted by Crippen LogP contribution is -2.39. The molecule has 118 valence electrons. The molecule has 0 aliphatic carbocycles. The summed E-state index contributed by atoms with van der Waals surface area (Å²) < 4.78 is 5.41. The molecule has 2 N–H and O–H groups in total. The molecule has 2 aromatic rings. The van der Waals surface area contributed by atoms with Gasteiger partial charge in [0.2, 0.25) is 11.8 Å². The molecule has 5 heteroatoms. The van der Waals surface area contributed by atoms with Crippen LogP contribution in [0.1, 0.15) is 26.0 Å². The van der Waals surface area contributed by atoms with Crippen molar-refractivity contribution in [1.82, 2.24) is 10.3 Å². The Bertz CT molecular complexity index is 593. The topological polar surface area (TPSA) is 75.4 Å². The maximum Gasteiger partial charge on any atom is 0.226 e. The molecule has 1 aromatic heterocycles. The van der Waals surface area contributed by atoms with E-state index in [1.54, 1.807) is 0 Å². The van der Waals surface area contributed by atoms with E-state index in [0.29, 0.717) is 17.5 Å². The number of amides is 1. The molecule has 2 rings (SSSR count). The van der Waals surface area contributed by atoms with E-state index in [2.05, 4.69) is 24.1 Å². The largest absolute Gasteiger partial charge is 0.444 e. The number of hydrogen-bond acceptors (Lipinski definition) is 4. The fraction of sp³-hybridized carbons (Fsp3) is 0.412. The molecule has 0 bridgehead atoms. The van der Waals surface area contributed by atoms with Gasteiger partial charge in [-0.1, -0.05) is 32.0 Å². The Morgan fingerprint density at radius 3 is 2.68 bits per heavy atom. The first-order valence-corrected chi connectivity index (χ1v) is 7.48. The van der Waals surface area contributed by atoms with Gasteiger partial charge in [-0.2, -0.15) is 0 Å². The molecule has 0 fully saturated rings. The summed E-state index contributed by atoms with van der Waals surface area (Å²) in [6, 6.07) is 9.32. The van der Waals surface area contributed by atoms with E-state index in [1.807, 2.05) is 30.3 Å². The standard InChI is InChI=1S/C17H22N2O3/c1-12(2)8-14(10-20)18-16(21)9-15-11-22-17(19-15)13-6-4-3-5-7-13/h3-7,11-12,14,20H,8-10H2,1-2H3,(H,18,21). The van der Waals surface area contributed by atoms with Crippen molar-refractivity contribution in [2.75, 3.05) is 6.61 Å². The van der Waals surface area contributed by atoms with Crippen molar-refractivity contribution in [2.45, 2.75) is 32.7 Å². The fourth-order valence-corrected chi connectivity index (χ4v) is 2.29. The molecule has 0 aliphatic rings. The molecule has 1 atom stereocenters. The number of hydrogen-bond donors (Lipinski definition) is 2. The van der Waals surface area contributed by atoms with Crippen LogP contribution < -0.4 is 5.32 Å². The molecule has 0 saturated heterocycles. The lowest BCUT2D eigenvalue weighted by molar-refractivity contribution is -0.121. The van der Waals surface area contributed by atoms with E-state index < -0.39 is 0 Å². The van der Waals surface area contributed by atoms with E-state index in [-0.39, 0.29) is 25.0 Å². The Kier molecular flexibility index (Phi) is 5.72. The number of nitrogens with one attached hydrogen (secondary N) is 1. The van der Waals surface area contributed by atoms with E-state index in [1.165, 1.54) is 6.26 Å². The molecular formula is C17H22N2O3. The molecule has 0 saturated carbocycles. The third-order valence-corrected chi connectivity index (χ3v) is 3.26. The zero-order valence-corrected chi connectivity index (χ0v) is 13.0. The van der Waals surface area contributed by atoms with E-state index in [4.69, 9.17) is 4.42 Å². The van der Waals surface area contributed by atoms with Gasteiger partial charge in [-0.25, -0.2) is 4.98 Å². The minimum Gasteiger partial charge on any atom is -0.444 e. The van der Waals surface area contributed by atoms with Gasteiger partial charge in [-0.15, -0.1) is 0 Å². The highest BCUT2D eigenvalue weighted by molar-refractivity contribution is 5.78. The first-order valence-electron chi connectivity index (χ1n) is 7.48. The fourth-order valence-electron chi connectivity index (χ4n) is 2.29. The minimum atomic E-state index is -0.215. The summed E-state index contributed by atoms with van der Waals surface area (Å²) >= 11 is 0. The third-order valence-electron chi connectivity index (χ3n) is 3.26. The third kappa shape index (κ3) is 4.70. The molecular weight excluding hydrogens is 280 g/mol. The van der Waals surface area contributed by atoms with Gasteiger partial charge >= 0.3 is 0 Å². The second-order valence-electron chi connectivity index (χ2n) is 5.76. The number of aliphatic hydroxyl groups excluding tert-OH is 1. The number of nitrogens with zero attached hydrogens (tertiary/aromatic N) is 1. The average molecular weight is 302 g/mol. The average Bonchev–Trinajstić information content (AvgIpc) is 2.95.